The molecular weight excluding hydrogens is 270 g/mol. The van der Waals surface area contributed by atoms with E-state index in [1.807, 2.05) is 19.2 Å². The summed E-state index contributed by atoms with van der Waals surface area (Å²) in [5.41, 5.74) is 2.56. The molecule has 1 N–H and O–H groups in total. The third-order valence-corrected chi connectivity index (χ3v) is 3.04. The molecule has 0 saturated carbocycles. The highest BCUT2D eigenvalue weighted by atomic mass is 35.5. The number of ether oxygens (including phenoxy) is 1. The minimum atomic E-state index is 0. The van der Waals surface area contributed by atoms with Crippen LogP contribution in [0.15, 0.2) is 54.6 Å². The monoisotopic (exact) mass is 291 g/mol. The summed E-state index contributed by atoms with van der Waals surface area (Å²) in [6.45, 7) is 1.74. The number of benzene rings is 2. The van der Waals surface area contributed by atoms with E-state index in [1.165, 1.54) is 11.1 Å². The molecule has 0 saturated heterocycles. The third-order valence-electron chi connectivity index (χ3n) is 3.04. The van der Waals surface area contributed by atoms with Crippen molar-refractivity contribution in [3.63, 3.8) is 0 Å². The van der Waals surface area contributed by atoms with Gasteiger partial charge >= 0.3 is 0 Å². The number of hydrogen-bond donors (Lipinski definition) is 1. The molecule has 0 aliphatic rings. The van der Waals surface area contributed by atoms with E-state index in [0.717, 1.165) is 31.7 Å². The Morgan fingerprint density at radius 3 is 2.40 bits per heavy atom. The average Bonchev–Trinajstić information content (AvgIpc) is 2.46. The molecule has 0 fully saturated rings. The van der Waals surface area contributed by atoms with Crippen molar-refractivity contribution in [3.8, 4) is 5.75 Å². The summed E-state index contributed by atoms with van der Waals surface area (Å²) >= 11 is 0. The van der Waals surface area contributed by atoms with E-state index in [0.29, 0.717) is 0 Å². The van der Waals surface area contributed by atoms with E-state index in [4.69, 9.17) is 4.74 Å². The predicted molar refractivity (Wildman–Crippen MR) is 87.0 cm³/mol. The first-order valence-corrected chi connectivity index (χ1v) is 6.79. The van der Waals surface area contributed by atoms with Crippen molar-refractivity contribution in [2.75, 3.05) is 20.2 Å². The van der Waals surface area contributed by atoms with Gasteiger partial charge in [-0.2, -0.15) is 0 Å². The average molecular weight is 292 g/mol. The maximum atomic E-state index is 5.87. The molecule has 3 heteroatoms. The Hall–Kier alpha value is -1.51. The predicted octanol–water partition coefficient (Wildman–Crippen LogP) is 3.69. The largest absolute Gasteiger partial charge is 0.493 e. The lowest BCUT2D eigenvalue weighted by Gasteiger charge is -2.11. The summed E-state index contributed by atoms with van der Waals surface area (Å²) in [5, 5.41) is 3.13. The van der Waals surface area contributed by atoms with Crippen LogP contribution in [0.25, 0.3) is 0 Å². The number of halogens is 1. The van der Waals surface area contributed by atoms with Gasteiger partial charge in [0.05, 0.1) is 6.61 Å². The smallest absolute Gasteiger partial charge is 0.122 e. The van der Waals surface area contributed by atoms with Crippen LogP contribution in [0.4, 0.5) is 0 Å². The lowest BCUT2D eigenvalue weighted by atomic mass is 10.0. The van der Waals surface area contributed by atoms with Gasteiger partial charge in [0.2, 0.25) is 0 Å². The van der Waals surface area contributed by atoms with Crippen molar-refractivity contribution < 1.29 is 4.74 Å². The normalized spacial score (nSPS) is 9.85. The zero-order valence-electron chi connectivity index (χ0n) is 11.8. The molecule has 20 heavy (non-hydrogen) atoms. The highest BCUT2D eigenvalue weighted by Gasteiger charge is 2.03. The van der Waals surface area contributed by atoms with Crippen molar-refractivity contribution in [2.45, 2.75) is 12.8 Å². The summed E-state index contributed by atoms with van der Waals surface area (Å²) < 4.78 is 5.87. The van der Waals surface area contributed by atoms with Gasteiger partial charge in [0, 0.05) is 6.42 Å². The van der Waals surface area contributed by atoms with E-state index in [1.54, 1.807) is 0 Å². The second kappa shape index (κ2) is 9.40. The zero-order valence-corrected chi connectivity index (χ0v) is 12.7. The lowest BCUT2D eigenvalue weighted by molar-refractivity contribution is 0.307. The molecule has 0 aliphatic carbocycles. The van der Waals surface area contributed by atoms with Crippen LogP contribution >= 0.6 is 12.4 Å². The molecule has 0 aliphatic heterocycles. The van der Waals surface area contributed by atoms with Gasteiger partial charge < -0.3 is 10.1 Å². The fourth-order valence-corrected chi connectivity index (χ4v) is 2.04. The van der Waals surface area contributed by atoms with E-state index in [9.17, 15) is 0 Å². The molecule has 2 rings (SSSR count). The Labute approximate surface area is 127 Å². The van der Waals surface area contributed by atoms with Gasteiger partial charge in [0.1, 0.15) is 5.75 Å². The number of rotatable bonds is 7. The first kappa shape index (κ1) is 16.5. The van der Waals surface area contributed by atoms with Crippen LogP contribution in [0.1, 0.15) is 17.5 Å². The van der Waals surface area contributed by atoms with Gasteiger partial charge in [-0.25, -0.2) is 0 Å². The molecule has 0 radical (unpaired) electrons. The van der Waals surface area contributed by atoms with Crippen molar-refractivity contribution in [1.29, 1.82) is 0 Å². The maximum absolute atomic E-state index is 5.87. The number of nitrogens with one attached hydrogen (secondary N) is 1. The van der Waals surface area contributed by atoms with Gasteiger partial charge in [0.15, 0.2) is 0 Å². The molecule has 0 spiro atoms. The first-order chi connectivity index (χ1) is 9.40. The van der Waals surface area contributed by atoms with Crippen molar-refractivity contribution in [2.24, 2.45) is 0 Å². The number of para-hydroxylation sites is 1. The van der Waals surface area contributed by atoms with Crippen molar-refractivity contribution in [3.05, 3.63) is 65.7 Å². The molecule has 0 heterocycles. The summed E-state index contributed by atoms with van der Waals surface area (Å²) in [7, 11) is 1.96. The SMILES string of the molecule is CNCCCOc1ccccc1Cc1ccccc1.Cl. The Morgan fingerprint density at radius 1 is 0.950 bits per heavy atom. The fraction of sp³-hybridized carbons (Fsp3) is 0.294. The fourth-order valence-electron chi connectivity index (χ4n) is 2.04. The zero-order chi connectivity index (χ0) is 13.3. The van der Waals surface area contributed by atoms with E-state index in [-0.39, 0.29) is 12.4 Å². The van der Waals surface area contributed by atoms with Crippen LogP contribution < -0.4 is 10.1 Å². The molecule has 0 amide bonds. The molecule has 0 bridgehead atoms. The summed E-state index contributed by atoms with van der Waals surface area (Å²) in [6.07, 6.45) is 1.94. The Kier molecular flexibility index (Phi) is 7.78. The van der Waals surface area contributed by atoms with Gasteiger partial charge in [-0.1, -0.05) is 48.5 Å². The molecule has 2 aromatic carbocycles. The highest BCUT2D eigenvalue weighted by molar-refractivity contribution is 5.85. The van der Waals surface area contributed by atoms with Crippen LogP contribution in [0.5, 0.6) is 5.75 Å². The molecule has 0 atom stereocenters. The van der Waals surface area contributed by atoms with Crippen LogP contribution in [-0.2, 0) is 6.42 Å². The van der Waals surface area contributed by atoms with Crippen molar-refractivity contribution in [1.82, 2.24) is 5.32 Å². The molecule has 0 unspecified atom stereocenters. The molecule has 108 valence electrons. The second-order valence-corrected chi connectivity index (χ2v) is 4.58. The minimum absolute atomic E-state index is 0. The quantitative estimate of drug-likeness (QED) is 0.786. The Morgan fingerprint density at radius 2 is 1.65 bits per heavy atom. The van der Waals surface area contributed by atoms with E-state index >= 15 is 0 Å². The standard InChI is InChI=1S/C17H21NO.ClH/c1-18-12-7-13-19-17-11-6-5-10-16(17)14-15-8-3-2-4-9-15;/h2-6,8-11,18H,7,12-14H2,1H3;1H. The highest BCUT2D eigenvalue weighted by Crippen LogP contribution is 2.21. The minimum Gasteiger partial charge on any atom is -0.493 e. The van der Waals surface area contributed by atoms with Gasteiger partial charge in [0.25, 0.3) is 0 Å². The lowest BCUT2D eigenvalue weighted by Crippen LogP contribution is -2.12. The topological polar surface area (TPSA) is 21.3 Å². The third kappa shape index (κ3) is 5.24. The van der Waals surface area contributed by atoms with Crippen LogP contribution in [0, 0.1) is 0 Å². The summed E-state index contributed by atoms with van der Waals surface area (Å²) in [4.78, 5) is 0. The van der Waals surface area contributed by atoms with Crippen LogP contribution in [-0.4, -0.2) is 20.2 Å². The summed E-state index contributed by atoms with van der Waals surface area (Å²) in [5.74, 6) is 1.00. The van der Waals surface area contributed by atoms with Crippen LogP contribution in [0.2, 0.25) is 0 Å². The van der Waals surface area contributed by atoms with Gasteiger partial charge in [-0.3, -0.25) is 0 Å². The first-order valence-electron chi connectivity index (χ1n) is 6.79. The van der Waals surface area contributed by atoms with E-state index < -0.39 is 0 Å². The summed E-state index contributed by atoms with van der Waals surface area (Å²) in [6, 6.07) is 18.8. The second-order valence-electron chi connectivity index (χ2n) is 4.58. The Bertz CT molecular complexity index is 487. The molecule has 0 aromatic heterocycles. The van der Waals surface area contributed by atoms with Crippen LogP contribution in [0.3, 0.4) is 0 Å². The Balaban J connectivity index is 0.00000200. The van der Waals surface area contributed by atoms with Crippen molar-refractivity contribution >= 4 is 12.4 Å². The van der Waals surface area contributed by atoms with Gasteiger partial charge in [-0.15, -0.1) is 12.4 Å². The molecular formula is C17H22ClNO. The number of hydrogen-bond acceptors (Lipinski definition) is 2. The molecule has 2 aromatic rings. The molecule has 2 nitrogen and oxygen atoms in total. The van der Waals surface area contributed by atoms with Gasteiger partial charge in [-0.05, 0) is 37.2 Å². The maximum Gasteiger partial charge on any atom is 0.122 e. The van der Waals surface area contributed by atoms with E-state index in [2.05, 4.69) is 47.8 Å².